The second-order valence-electron chi connectivity index (χ2n) is 3.62. The van der Waals surface area contributed by atoms with E-state index in [0.29, 0.717) is 29.2 Å². The number of carbonyl (C=O) groups is 1. The zero-order valence-corrected chi connectivity index (χ0v) is 11.6. The predicted octanol–water partition coefficient (Wildman–Crippen LogP) is -0.110. The molecule has 1 atom stereocenters. The number of nitrogens with zero attached hydrogens (tertiary/aromatic N) is 1. The van der Waals surface area contributed by atoms with Gasteiger partial charge in [0.2, 0.25) is 0 Å². The molecule has 3 N–H and O–H groups in total. The summed E-state index contributed by atoms with van der Waals surface area (Å²) in [7, 11) is -0.882. The summed E-state index contributed by atoms with van der Waals surface area (Å²) in [5.74, 6) is 6.31. The van der Waals surface area contributed by atoms with Crippen molar-refractivity contribution in [1.82, 2.24) is 10.3 Å². The summed E-state index contributed by atoms with van der Waals surface area (Å²) in [6.07, 6.45) is 3.06. The fourth-order valence-electron chi connectivity index (χ4n) is 1.36. The minimum Gasteiger partial charge on any atom is -0.351 e. The summed E-state index contributed by atoms with van der Waals surface area (Å²) in [6.45, 7) is 2.46. The number of nitrogens with one attached hydrogen (secondary N) is 1. The second kappa shape index (κ2) is 8.40. The molecule has 6 heteroatoms. The Kier molecular flexibility index (Phi) is 6.79. The quantitative estimate of drug-likeness (QED) is 0.737. The molecule has 1 aromatic heterocycles. The molecule has 1 heterocycles. The van der Waals surface area contributed by atoms with Crippen LogP contribution in [0.1, 0.15) is 22.8 Å². The van der Waals surface area contributed by atoms with Crippen LogP contribution >= 0.6 is 0 Å². The number of aromatic nitrogens is 1. The van der Waals surface area contributed by atoms with Gasteiger partial charge in [-0.15, -0.1) is 0 Å². The van der Waals surface area contributed by atoms with E-state index < -0.39 is 10.8 Å². The highest BCUT2D eigenvalue weighted by atomic mass is 32.2. The van der Waals surface area contributed by atoms with E-state index in [1.165, 1.54) is 12.4 Å². The van der Waals surface area contributed by atoms with Gasteiger partial charge in [0, 0.05) is 41.2 Å². The lowest BCUT2D eigenvalue weighted by Crippen LogP contribution is -2.28. The third-order valence-corrected chi connectivity index (χ3v) is 3.63. The maximum Gasteiger partial charge on any atom is 0.252 e. The first kappa shape index (κ1) is 15.3. The molecule has 0 radical (unpaired) electrons. The summed E-state index contributed by atoms with van der Waals surface area (Å²) in [5, 5.41) is 2.72. The maximum absolute atomic E-state index is 12.0. The Hall–Kier alpha value is -1.71. The van der Waals surface area contributed by atoms with Gasteiger partial charge in [-0.1, -0.05) is 18.8 Å². The van der Waals surface area contributed by atoms with Gasteiger partial charge in [0.1, 0.15) is 0 Å². The van der Waals surface area contributed by atoms with Crippen molar-refractivity contribution < 1.29 is 9.00 Å². The van der Waals surface area contributed by atoms with Crippen molar-refractivity contribution in [2.75, 3.05) is 24.6 Å². The van der Waals surface area contributed by atoms with Gasteiger partial charge in [0.05, 0.1) is 17.7 Å². The van der Waals surface area contributed by atoms with Gasteiger partial charge in [-0.05, 0) is 6.07 Å². The zero-order valence-electron chi connectivity index (χ0n) is 10.8. The van der Waals surface area contributed by atoms with Crippen molar-refractivity contribution in [1.29, 1.82) is 0 Å². The first-order valence-corrected chi connectivity index (χ1v) is 7.44. The molecule has 0 aliphatic carbocycles. The third-order valence-electron chi connectivity index (χ3n) is 2.33. The largest absolute Gasteiger partial charge is 0.351 e. The van der Waals surface area contributed by atoms with Crippen molar-refractivity contribution >= 4 is 16.7 Å². The molecule has 5 nitrogen and oxygen atoms in total. The number of pyridine rings is 1. The number of amides is 1. The minimum atomic E-state index is -0.882. The summed E-state index contributed by atoms with van der Waals surface area (Å²) in [6, 6.07) is 1.60. The SMILES string of the molecule is CCS(=O)CCNC(=O)c1ccncc1C#CCN. The fraction of sp³-hybridized carbons (Fsp3) is 0.385. The molecule has 19 heavy (non-hydrogen) atoms. The van der Waals surface area contributed by atoms with Crippen molar-refractivity contribution in [3.8, 4) is 11.8 Å². The number of rotatable bonds is 5. The lowest BCUT2D eigenvalue weighted by Gasteiger charge is -2.06. The van der Waals surface area contributed by atoms with Crippen LogP contribution < -0.4 is 11.1 Å². The fourth-order valence-corrected chi connectivity index (χ4v) is 1.97. The van der Waals surface area contributed by atoms with Gasteiger partial charge in [-0.2, -0.15) is 0 Å². The van der Waals surface area contributed by atoms with Gasteiger partial charge < -0.3 is 11.1 Å². The van der Waals surface area contributed by atoms with Crippen molar-refractivity contribution in [3.63, 3.8) is 0 Å². The van der Waals surface area contributed by atoms with Crippen molar-refractivity contribution in [2.24, 2.45) is 5.73 Å². The molecule has 0 saturated carbocycles. The van der Waals surface area contributed by atoms with Crippen LogP contribution in [0.5, 0.6) is 0 Å². The first-order chi connectivity index (χ1) is 9.19. The highest BCUT2D eigenvalue weighted by Crippen LogP contribution is 2.04. The summed E-state index contributed by atoms with van der Waals surface area (Å²) < 4.78 is 11.3. The monoisotopic (exact) mass is 279 g/mol. The van der Waals surface area contributed by atoms with E-state index in [0.717, 1.165) is 0 Å². The predicted molar refractivity (Wildman–Crippen MR) is 76.1 cm³/mol. The molecule has 0 bridgehead atoms. The van der Waals surface area contributed by atoms with Crippen LogP contribution in [0.25, 0.3) is 0 Å². The van der Waals surface area contributed by atoms with Crippen LogP contribution in [-0.4, -0.2) is 39.7 Å². The standard InChI is InChI=1S/C13H17N3O2S/c1-2-19(18)9-8-16-13(17)12-5-7-15-10-11(12)4-3-6-14/h5,7,10H,2,6,8-9,14H2,1H3,(H,16,17). The molecule has 0 saturated heterocycles. The molecule has 0 aliphatic heterocycles. The molecule has 1 aromatic rings. The normalized spacial score (nSPS) is 11.3. The maximum atomic E-state index is 12.0. The number of carbonyl (C=O) groups excluding carboxylic acids is 1. The molecule has 1 amide bonds. The minimum absolute atomic E-state index is 0.228. The van der Waals surface area contributed by atoms with Gasteiger partial charge in [0.25, 0.3) is 5.91 Å². The molecule has 0 aromatic carbocycles. The van der Waals surface area contributed by atoms with Gasteiger partial charge >= 0.3 is 0 Å². The van der Waals surface area contributed by atoms with Crippen molar-refractivity contribution in [3.05, 3.63) is 29.6 Å². The molecular formula is C13H17N3O2S. The first-order valence-electron chi connectivity index (χ1n) is 5.95. The Morgan fingerprint density at radius 3 is 3.05 bits per heavy atom. The van der Waals surface area contributed by atoms with E-state index >= 15 is 0 Å². The van der Waals surface area contributed by atoms with Crippen LogP contribution in [-0.2, 0) is 10.8 Å². The Labute approximate surface area is 115 Å². The Morgan fingerprint density at radius 1 is 1.58 bits per heavy atom. The highest BCUT2D eigenvalue weighted by molar-refractivity contribution is 7.84. The van der Waals surface area contributed by atoms with E-state index in [9.17, 15) is 9.00 Å². The second-order valence-corrected chi connectivity index (χ2v) is 5.48. The molecular weight excluding hydrogens is 262 g/mol. The van der Waals surface area contributed by atoms with Gasteiger partial charge in [0.15, 0.2) is 0 Å². The van der Waals surface area contributed by atoms with Crippen LogP contribution in [0.15, 0.2) is 18.5 Å². The highest BCUT2D eigenvalue weighted by Gasteiger charge is 2.09. The Bertz CT molecular complexity index is 520. The van der Waals surface area contributed by atoms with E-state index in [4.69, 9.17) is 5.73 Å². The van der Waals surface area contributed by atoms with Crippen molar-refractivity contribution in [2.45, 2.75) is 6.92 Å². The van der Waals surface area contributed by atoms with Gasteiger partial charge in [-0.3, -0.25) is 14.0 Å². The smallest absolute Gasteiger partial charge is 0.252 e. The number of hydrogen-bond acceptors (Lipinski definition) is 4. The van der Waals surface area contributed by atoms with E-state index in [1.807, 2.05) is 6.92 Å². The Morgan fingerprint density at radius 2 is 2.37 bits per heavy atom. The van der Waals surface area contributed by atoms with Gasteiger partial charge in [-0.25, -0.2) is 0 Å². The molecule has 0 fully saturated rings. The Balaban J connectivity index is 2.69. The average molecular weight is 279 g/mol. The third kappa shape index (κ3) is 5.20. The summed E-state index contributed by atoms with van der Waals surface area (Å²) in [5.41, 5.74) is 6.30. The summed E-state index contributed by atoms with van der Waals surface area (Å²) >= 11 is 0. The zero-order chi connectivity index (χ0) is 14.1. The number of nitrogens with two attached hydrogens (primary N) is 1. The van der Waals surface area contributed by atoms with E-state index in [1.54, 1.807) is 6.07 Å². The van der Waals surface area contributed by atoms with Crippen LogP contribution in [0, 0.1) is 11.8 Å². The van der Waals surface area contributed by atoms with E-state index in [-0.39, 0.29) is 12.5 Å². The molecule has 0 aliphatic rings. The van der Waals surface area contributed by atoms with Crippen LogP contribution in [0.3, 0.4) is 0 Å². The van der Waals surface area contributed by atoms with E-state index in [2.05, 4.69) is 22.1 Å². The molecule has 102 valence electrons. The van der Waals surface area contributed by atoms with Crippen LogP contribution in [0.4, 0.5) is 0 Å². The van der Waals surface area contributed by atoms with Crippen LogP contribution in [0.2, 0.25) is 0 Å². The number of hydrogen-bond donors (Lipinski definition) is 2. The molecule has 0 spiro atoms. The summed E-state index contributed by atoms with van der Waals surface area (Å²) in [4.78, 5) is 15.9. The lowest BCUT2D eigenvalue weighted by atomic mass is 10.1. The lowest BCUT2D eigenvalue weighted by molar-refractivity contribution is 0.0956. The molecule has 1 rings (SSSR count). The molecule has 1 unspecified atom stereocenters. The topological polar surface area (TPSA) is 85.1 Å². The average Bonchev–Trinajstić information content (AvgIpc) is 2.45.